The van der Waals surface area contributed by atoms with Gasteiger partial charge in [0.2, 0.25) is 0 Å². The first-order chi connectivity index (χ1) is 13.3. The van der Waals surface area contributed by atoms with E-state index in [1.807, 2.05) is 0 Å². The highest BCUT2D eigenvalue weighted by Crippen LogP contribution is 2.14. The lowest BCUT2D eigenvalue weighted by Crippen LogP contribution is -1.86. The molecule has 0 amide bonds. The van der Waals surface area contributed by atoms with Gasteiger partial charge in [0, 0.05) is 18.8 Å². The smallest absolute Gasteiger partial charge is 0.381 e. The Bertz CT molecular complexity index is 422. The van der Waals surface area contributed by atoms with E-state index < -0.39 is 5.97 Å². The fourth-order valence-corrected chi connectivity index (χ4v) is 3.41. The van der Waals surface area contributed by atoms with Gasteiger partial charge in [-0.3, -0.25) is 0 Å². The van der Waals surface area contributed by atoms with E-state index in [0.717, 1.165) is 19.3 Å². The van der Waals surface area contributed by atoms with E-state index in [4.69, 9.17) is 11.5 Å². The van der Waals surface area contributed by atoms with Crippen LogP contribution in [0.25, 0.3) is 0 Å². The van der Waals surface area contributed by atoms with Crippen molar-refractivity contribution in [2.75, 3.05) is 0 Å². The number of hydrogen-bond donors (Lipinski definition) is 1. The van der Waals surface area contributed by atoms with Gasteiger partial charge in [-0.05, 0) is 12.8 Å². The third-order valence-electron chi connectivity index (χ3n) is 5.07. The second kappa shape index (κ2) is 22.6. The summed E-state index contributed by atoms with van der Waals surface area (Å²) in [4.78, 5) is 10.2. The zero-order chi connectivity index (χ0) is 19.8. The Morgan fingerprint density at radius 1 is 0.556 bits per heavy atom. The molecule has 0 fully saturated rings. The van der Waals surface area contributed by atoms with E-state index in [2.05, 4.69) is 17.8 Å². The molecule has 0 bridgehead atoms. The Balaban J connectivity index is 3.04. The summed E-state index contributed by atoms with van der Waals surface area (Å²) in [6.45, 7) is 0. The number of carbonyl (C=O) groups is 1. The van der Waals surface area contributed by atoms with Crippen LogP contribution in [-0.2, 0) is 4.79 Å². The van der Waals surface area contributed by atoms with E-state index in [1.165, 1.54) is 109 Å². The SMILES string of the molecule is C#CCCCCCCCCCCCCCCCCCCCCC#CC(=O)O. The second-order valence-corrected chi connectivity index (χ2v) is 7.68. The third-order valence-corrected chi connectivity index (χ3v) is 5.07. The van der Waals surface area contributed by atoms with Gasteiger partial charge in [-0.25, -0.2) is 4.79 Å². The highest BCUT2D eigenvalue weighted by Gasteiger charge is 1.95. The van der Waals surface area contributed by atoms with E-state index in [1.54, 1.807) is 0 Å². The first kappa shape index (κ1) is 25.6. The minimum Gasteiger partial charge on any atom is -0.472 e. The molecule has 0 atom stereocenters. The Hall–Kier alpha value is -1.41. The molecule has 154 valence electrons. The van der Waals surface area contributed by atoms with Crippen LogP contribution < -0.4 is 0 Å². The topological polar surface area (TPSA) is 37.3 Å². The maximum absolute atomic E-state index is 10.2. The van der Waals surface area contributed by atoms with E-state index in [9.17, 15) is 4.79 Å². The summed E-state index contributed by atoms with van der Waals surface area (Å²) in [6, 6.07) is 0. The van der Waals surface area contributed by atoms with Gasteiger partial charge in [-0.15, -0.1) is 12.3 Å². The molecule has 0 radical (unpaired) electrons. The summed E-state index contributed by atoms with van der Waals surface area (Å²) in [5.41, 5.74) is 0. The van der Waals surface area contributed by atoms with Crippen molar-refractivity contribution in [3.63, 3.8) is 0 Å². The van der Waals surface area contributed by atoms with Crippen molar-refractivity contribution in [1.29, 1.82) is 0 Å². The average Bonchev–Trinajstić information content (AvgIpc) is 2.65. The molecule has 2 heteroatoms. The monoisotopic (exact) mass is 374 g/mol. The summed E-state index contributed by atoms with van der Waals surface area (Å²) in [6.07, 6.45) is 31.0. The lowest BCUT2D eigenvalue weighted by Gasteiger charge is -2.03. The van der Waals surface area contributed by atoms with Crippen LogP contribution in [-0.4, -0.2) is 11.1 Å². The molecule has 2 nitrogen and oxygen atoms in total. The maximum Gasteiger partial charge on any atom is 0.381 e. The number of carboxylic acids is 1. The van der Waals surface area contributed by atoms with Gasteiger partial charge in [0.25, 0.3) is 0 Å². The zero-order valence-corrected chi connectivity index (χ0v) is 17.6. The van der Waals surface area contributed by atoms with Crippen LogP contribution in [0.3, 0.4) is 0 Å². The molecular formula is C25H42O2. The summed E-state index contributed by atoms with van der Waals surface area (Å²) < 4.78 is 0. The molecule has 0 aromatic heterocycles. The number of carboxylic acid groups (broad SMARTS) is 1. The quantitative estimate of drug-likeness (QED) is 0.188. The molecule has 0 saturated carbocycles. The van der Waals surface area contributed by atoms with Crippen LogP contribution in [0.4, 0.5) is 0 Å². The first-order valence-electron chi connectivity index (χ1n) is 11.4. The number of hydrogen-bond acceptors (Lipinski definition) is 1. The molecule has 0 aromatic carbocycles. The molecular weight excluding hydrogens is 332 g/mol. The van der Waals surface area contributed by atoms with Crippen molar-refractivity contribution >= 4 is 5.97 Å². The number of rotatable bonds is 19. The lowest BCUT2D eigenvalue weighted by molar-refractivity contribution is -0.130. The fraction of sp³-hybridized carbons (Fsp3) is 0.800. The molecule has 1 N–H and O–H groups in total. The van der Waals surface area contributed by atoms with Gasteiger partial charge in [0.15, 0.2) is 0 Å². The number of unbranched alkanes of at least 4 members (excludes halogenated alkanes) is 19. The highest BCUT2D eigenvalue weighted by molar-refractivity contribution is 5.86. The molecule has 0 heterocycles. The van der Waals surface area contributed by atoms with Crippen LogP contribution in [0.15, 0.2) is 0 Å². The van der Waals surface area contributed by atoms with Gasteiger partial charge >= 0.3 is 5.97 Å². The van der Waals surface area contributed by atoms with Gasteiger partial charge in [-0.2, -0.15) is 0 Å². The Morgan fingerprint density at radius 2 is 0.852 bits per heavy atom. The number of aliphatic carboxylic acids is 1. The predicted octanol–water partition coefficient (Wildman–Crippen LogP) is 7.51. The van der Waals surface area contributed by atoms with Crippen LogP contribution in [0.1, 0.15) is 128 Å². The second-order valence-electron chi connectivity index (χ2n) is 7.68. The van der Waals surface area contributed by atoms with Crippen LogP contribution >= 0.6 is 0 Å². The Morgan fingerprint density at radius 3 is 1.15 bits per heavy atom. The lowest BCUT2D eigenvalue weighted by atomic mass is 10.0. The molecule has 0 saturated heterocycles. The van der Waals surface area contributed by atoms with Gasteiger partial charge < -0.3 is 5.11 Å². The van der Waals surface area contributed by atoms with Crippen molar-refractivity contribution in [3.05, 3.63) is 0 Å². The number of terminal acetylenes is 1. The molecule has 0 aliphatic rings. The Kier molecular flexibility index (Phi) is 21.4. The summed E-state index contributed by atoms with van der Waals surface area (Å²) in [5, 5.41) is 8.40. The third kappa shape index (κ3) is 24.6. The van der Waals surface area contributed by atoms with Crippen molar-refractivity contribution in [1.82, 2.24) is 0 Å². The zero-order valence-electron chi connectivity index (χ0n) is 17.6. The largest absolute Gasteiger partial charge is 0.472 e. The first-order valence-corrected chi connectivity index (χ1v) is 11.4. The average molecular weight is 375 g/mol. The van der Waals surface area contributed by atoms with Crippen molar-refractivity contribution in [2.24, 2.45) is 0 Å². The highest BCUT2D eigenvalue weighted by atomic mass is 16.4. The van der Waals surface area contributed by atoms with Crippen LogP contribution in [0.2, 0.25) is 0 Å². The molecule has 0 rings (SSSR count). The van der Waals surface area contributed by atoms with Crippen LogP contribution in [0.5, 0.6) is 0 Å². The van der Waals surface area contributed by atoms with Crippen molar-refractivity contribution in [2.45, 2.75) is 128 Å². The minimum absolute atomic E-state index is 0.721. The summed E-state index contributed by atoms with van der Waals surface area (Å²) in [5.74, 6) is 6.55. The molecule has 0 aliphatic heterocycles. The van der Waals surface area contributed by atoms with Gasteiger partial charge in [-0.1, -0.05) is 109 Å². The van der Waals surface area contributed by atoms with E-state index in [-0.39, 0.29) is 0 Å². The summed E-state index contributed by atoms with van der Waals surface area (Å²) >= 11 is 0. The van der Waals surface area contributed by atoms with E-state index in [0.29, 0.717) is 0 Å². The molecule has 0 spiro atoms. The standard InChI is InChI=1S/C25H42O2/c1-2-3-4-5-6-7-8-9-10-11-12-13-14-15-16-17-18-19-20-21-22-23-24-25(26)27/h1H,3-22H2,(H,26,27). The fourth-order valence-electron chi connectivity index (χ4n) is 3.41. The maximum atomic E-state index is 10.2. The van der Waals surface area contributed by atoms with E-state index >= 15 is 0 Å². The summed E-state index contributed by atoms with van der Waals surface area (Å²) in [7, 11) is 0. The molecule has 0 aliphatic carbocycles. The van der Waals surface area contributed by atoms with Gasteiger partial charge in [0.1, 0.15) is 0 Å². The molecule has 27 heavy (non-hydrogen) atoms. The van der Waals surface area contributed by atoms with Gasteiger partial charge in [0.05, 0.1) is 0 Å². The molecule has 0 unspecified atom stereocenters. The van der Waals surface area contributed by atoms with Crippen molar-refractivity contribution in [3.8, 4) is 24.2 Å². The Labute approximate surface area is 168 Å². The van der Waals surface area contributed by atoms with Crippen molar-refractivity contribution < 1.29 is 9.90 Å². The molecule has 0 aromatic rings. The normalized spacial score (nSPS) is 10.2. The minimum atomic E-state index is -1.02. The predicted molar refractivity (Wildman–Crippen MR) is 117 cm³/mol. The van der Waals surface area contributed by atoms with Crippen LogP contribution in [0, 0.1) is 24.2 Å².